The molecule has 0 radical (unpaired) electrons. The number of nitrogens with two attached hydrogens (primary N) is 1. The SMILES string of the molecule is Cc1ccc(C2NCC(OCC(=O)NC3CC3)C(N3CCC(CN)C3)[N+]2=O)cc1Cl. The average molecular weight is 437 g/mol. The number of nitroso groups, excluding NO2 is 1. The Labute approximate surface area is 182 Å². The van der Waals surface area contributed by atoms with Gasteiger partial charge >= 0.3 is 0 Å². The predicted octanol–water partition coefficient (Wildman–Crippen LogP) is 1.30. The topological polar surface area (TPSA) is 99.7 Å². The highest BCUT2D eigenvalue weighted by Crippen LogP contribution is 2.30. The van der Waals surface area contributed by atoms with Crippen molar-refractivity contribution < 1.29 is 14.3 Å². The number of ether oxygens (including phenoxy) is 1. The summed E-state index contributed by atoms with van der Waals surface area (Å²) in [7, 11) is 0. The monoisotopic (exact) mass is 436 g/mol. The first kappa shape index (κ1) is 21.6. The van der Waals surface area contributed by atoms with Gasteiger partial charge in [0.05, 0.1) is 0 Å². The van der Waals surface area contributed by atoms with Gasteiger partial charge in [0.25, 0.3) is 12.3 Å². The molecule has 4 unspecified atom stereocenters. The molecule has 1 amide bonds. The zero-order valence-corrected chi connectivity index (χ0v) is 18.1. The molecular weight excluding hydrogens is 406 g/mol. The molecule has 1 aromatic carbocycles. The zero-order chi connectivity index (χ0) is 21.3. The normalized spacial score (nSPS) is 29.9. The van der Waals surface area contributed by atoms with Crippen molar-refractivity contribution in [3.8, 4) is 0 Å². The van der Waals surface area contributed by atoms with Crippen LogP contribution in [0.5, 0.6) is 0 Å². The number of nitrogens with one attached hydrogen (secondary N) is 2. The number of hydrogen-bond acceptors (Lipinski definition) is 6. The molecule has 0 aromatic heterocycles. The van der Waals surface area contributed by atoms with Crippen LogP contribution < -0.4 is 16.4 Å². The van der Waals surface area contributed by atoms with Gasteiger partial charge in [0, 0.05) is 45.9 Å². The number of likely N-dealkylation sites (tertiary alicyclic amines) is 1. The minimum atomic E-state index is -0.523. The van der Waals surface area contributed by atoms with Gasteiger partial charge in [0.1, 0.15) is 6.61 Å². The highest BCUT2D eigenvalue weighted by Gasteiger charge is 2.51. The molecule has 8 nitrogen and oxygen atoms in total. The van der Waals surface area contributed by atoms with Crippen molar-refractivity contribution in [2.75, 3.05) is 32.8 Å². The van der Waals surface area contributed by atoms with E-state index in [0.29, 0.717) is 24.0 Å². The Bertz CT molecular complexity index is 803. The van der Waals surface area contributed by atoms with Gasteiger partial charge in [-0.15, -0.1) is 0 Å². The van der Waals surface area contributed by atoms with Crippen LogP contribution in [0.2, 0.25) is 5.02 Å². The summed E-state index contributed by atoms with van der Waals surface area (Å²) in [6.45, 7) is 4.53. The van der Waals surface area contributed by atoms with E-state index in [2.05, 4.69) is 15.5 Å². The van der Waals surface area contributed by atoms with Crippen molar-refractivity contribution in [1.29, 1.82) is 0 Å². The van der Waals surface area contributed by atoms with Crippen molar-refractivity contribution in [3.63, 3.8) is 0 Å². The lowest BCUT2D eigenvalue weighted by Gasteiger charge is -2.34. The van der Waals surface area contributed by atoms with E-state index in [-0.39, 0.29) is 18.6 Å². The molecule has 4 atom stereocenters. The molecule has 2 saturated heterocycles. The maximum absolute atomic E-state index is 13.5. The Morgan fingerprint density at radius 2 is 2.20 bits per heavy atom. The van der Waals surface area contributed by atoms with Gasteiger partial charge in [0.15, 0.2) is 6.10 Å². The quantitative estimate of drug-likeness (QED) is 0.557. The van der Waals surface area contributed by atoms with Crippen LogP contribution in [0.4, 0.5) is 0 Å². The first-order chi connectivity index (χ1) is 14.5. The molecule has 2 aliphatic heterocycles. The summed E-state index contributed by atoms with van der Waals surface area (Å²) in [5.41, 5.74) is 7.66. The molecule has 1 aromatic rings. The van der Waals surface area contributed by atoms with Crippen LogP contribution in [0.25, 0.3) is 0 Å². The number of carbonyl (C=O) groups is 1. The van der Waals surface area contributed by atoms with E-state index >= 15 is 0 Å². The summed E-state index contributed by atoms with van der Waals surface area (Å²) in [6, 6.07) is 5.98. The first-order valence-corrected chi connectivity index (χ1v) is 11.1. The van der Waals surface area contributed by atoms with E-state index in [9.17, 15) is 9.70 Å². The lowest BCUT2D eigenvalue weighted by Crippen LogP contribution is -2.61. The summed E-state index contributed by atoms with van der Waals surface area (Å²) in [5.74, 6) is 0.252. The van der Waals surface area contributed by atoms with Crippen molar-refractivity contribution >= 4 is 17.5 Å². The van der Waals surface area contributed by atoms with Crippen LogP contribution in [-0.2, 0) is 9.53 Å². The number of benzene rings is 1. The molecule has 3 aliphatic rings. The van der Waals surface area contributed by atoms with Crippen LogP contribution >= 0.6 is 11.6 Å². The van der Waals surface area contributed by atoms with Gasteiger partial charge in [0.2, 0.25) is 5.91 Å². The van der Waals surface area contributed by atoms with Gasteiger partial charge in [-0.1, -0.05) is 23.7 Å². The molecule has 1 aliphatic carbocycles. The molecule has 9 heteroatoms. The Balaban J connectivity index is 1.49. The van der Waals surface area contributed by atoms with E-state index in [1.165, 1.54) is 0 Å². The Kier molecular flexibility index (Phi) is 6.69. The van der Waals surface area contributed by atoms with Gasteiger partial charge < -0.3 is 15.8 Å². The highest BCUT2D eigenvalue weighted by molar-refractivity contribution is 6.31. The molecule has 3 fully saturated rings. The third kappa shape index (κ3) is 4.84. The molecule has 4 rings (SSSR count). The van der Waals surface area contributed by atoms with Crippen LogP contribution in [-0.4, -0.2) is 66.7 Å². The molecule has 1 saturated carbocycles. The van der Waals surface area contributed by atoms with Gasteiger partial charge in [-0.25, -0.2) is 10.2 Å². The molecule has 0 bridgehead atoms. The standard InChI is InChI=1S/C21H30ClN5O3/c1-13-2-3-15(8-17(13)22)20-24-10-18(30-12-19(28)25-16-4-5-16)21(27(20)29)26-7-6-14(9-23)11-26/h2-3,8,14,16,18,20-21,24H,4-7,9-12,23H2,1H3/p+1. The van der Waals surface area contributed by atoms with Crippen LogP contribution in [0, 0.1) is 17.7 Å². The minimum Gasteiger partial charge on any atom is -0.358 e. The second kappa shape index (κ2) is 9.28. The third-order valence-electron chi connectivity index (χ3n) is 6.27. The largest absolute Gasteiger partial charge is 0.358 e. The number of amides is 1. The molecular formula is C21H31ClN5O3+. The minimum absolute atomic E-state index is 0.0393. The van der Waals surface area contributed by atoms with E-state index in [0.717, 1.165) is 48.2 Å². The third-order valence-corrected chi connectivity index (χ3v) is 6.67. The molecule has 0 spiro atoms. The summed E-state index contributed by atoms with van der Waals surface area (Å²) in [4.78, 5) is 27.8. The molecule has 4 N–H and O–H groups in total. The van der Waals surface area contributed by atoms with E-state index in [1.54, 1.807) is 0 Å². The lowest BCUT2D eigenvalue weighted by molar-refractivity contribution is -0.671. The van der Waals surface area contributed by atoms with Gasteiger partial charge in [-0.3, -0.25) is 4.79 Å². The van der Waals surface area contributed by atoms with E-state index < -0.39 is 18.4 Å². The Hall–Kier alpha value is -1.58. The number of aryl methyl sites for hydroxylation is 1. The fourth-order valence-corrected chi connectivity index (χ4v) is 4.49. The van der Waals surface area contributed by atoms with Crippen molar-refractivity contribution in [2.45, 2.75) is 50.7 Å². The smallest absolute Gasteiger partial charge is 0.286 e. The Morgan fingerprint density at radius 3 is 2.87 bits per heavy atom. The first-order valence-electron chi connectivity index (χ1n) is 10.8. The fraction of sp³-hybridized carbons (Fsp3) is 0.667. The lowest BCUT2D eigenvalue weighted by atomic mass is 10.1. The average Bonchev–Trinajstić information content (AvgIpc) is 3.41. The highest BCUT2D eigenvalue weighted by atomic mass is 35.5. The second-order valence-corrected chi connectivity index (χ2v) is 9.08. The maximum atomic E-state index is 13.5. The predicted molar refractivity (Wildman–Crippen MR) is 114 cm³/mol. The number of carbonyl (C=O) groups excluding carboxylic acids is 1. The summed E-state index contributed by atoms with van der Waals surface area (Å²) >= 11 is 6.30. The summed E-state index contributed by atoms with van der Waals surface area (Å²) in [5, 5.41) is 6.85. The van der Waals surface area contributed by atoms with Crippen LogP contribution in [0.3, 0.4) is 0 Å². The summed E-state index contributed by atoms with van der Waals surface area (Å²) in [6.07, 6.45) is 1.60. The molecule has 30 heavy (non-hydrogen) atoms. The van der Waals surface area contributed by atoms with Gasteiger partial charge in [-0.05, 0) is 50.3 Å². The fourth-order valence-electron chi connectivity index (χ4n) is 4.30. The molecule has 164 valence electrons. The van der Waals surface area contributed by atoms with Gasteiger partial charge in [-0.2, -0.15) is 0 Å². The van der Waals surface area contributed by atoms with Crippen molar-refractivity contribution in [2.24, 2.45) is 11.7 Å². The van der Waals surface area contributed by atoms with Crippen molar-refractivity contribution in [1.82, 2.24) is 15.5 Å². The zero-order valence-electron chi connectivity index (χ0n) is 17.4. The Morgan fingerprint density at radius 1 is 1.40 bits per heavy atom. The number of nitrogens with zero attached hydrogens (tertiary/aromatic N) is 2. The number of halogens is 1. The molecule has 2 heterocycles. The van der Waals surface area contributed by atoms with E-state index in [1.807, 2.05) is 25.1 Å². The van der Waals surface area contributed by atoms with Crippen molar-refractivity contribution in [3.05, 3.63) is 39.3 Å². The van der Waals surface area contributed by atoms with Crippen LogP contribution in [0.1, 0.15) is 36.6 Å². The number of hydrogen-bond donors (Lipinski definition) is 3. The maximum Gasteiger partial charge on any atom is 0.286 e. The second-order valence-electron chi connectivity index (χ2n) is 8.67. The summed E-state index contributed by atoms with van der Waals surface area (Å²) < 4.78 is 7.01. The van der Waals surface area contributed by atoms with E-state index in [4.69, 9.17) is 22.1 Å². The number of rotatable bonds is 7. The van der Waals surface area contributed by atoms with Crippen LogP contribution in [0.15, 0.2) is 18.2 Å².